The fourth-order valence-electron chi connectivity index (χ4n) is 8.84. The van der Waals surface area contributed by atoms with Crippen molar-refractivity contribution in [2.24, 2.45) is 0 Å². The Morgan fingerprint density at radius 3 is 0.955 bits per heavy atom. The number of likely N-dealkylation sites (N-methyl/N-ethyl adjacent to an activating group) is 1. The number of nitrogens with zero attached hydrogens (tertiary/aromatic N) is 1. The molecule has 0 spiro atoms. The number of phosphoric ester groups is 1. The van der Waals surface area contributed by atoms with E-state index in [1.54, 1.807) is 0 Å². The van der Waals surface area contributed by atoms with Crippen LogP contribution >= 0.6 is 7.82 Å². The summed E-state index contributed by atoms with van der Waals surface area (Å²) in [7, 11) is 1.50. The van der Waals surface area contributed by atoms with Crippen molar-refractivity contribution >= 4 is 19.8 Å². The number of phosphoric acid groups is 1. The second-order valence-corrected chi connectivity index (χ2v) is 22.9. The molecular weight excluding hydrogens is 858 g/mol. The van der Waals surface area contributed by atoms with Crippen molar-refractivity contribution in [1.82, 2.24) is 0 Å². The first-order chi connectivity index (χ1) is 32.5. The largest absolute Gasteiger partial charge is 0.472 e. The van der Waals surface area contributed by atoms with E-state index in [0.29, 0.717) is 17.4 Å². The van der Waals surface area contributed by atoms with E-state index in [4.69, 9.17) is 18.5 Å². The summed E-state index contributed by atoms with van der Waals surface area (Å²) in [5.74, 6) is -0.775. The SMILES string of the molecule is CCCCCCCCCCCCCCCCCCCCCCCCCCCCCCCC(=O)OC(COC(=O)CCCCCCCCCCCCCCCC)COP(=O)(O)OCC[N+](C)(C)C. The molecule has 0 aromatic rings. The summed E-state index contributed by atoms with van der Waals surface area (Å²) >= 11 is 0. The number of rotatable bonds is 55. The first-order valence-electron chi connectivity index (χ1n) is 29.3. The Kier molecular flexibility index (Phi) is 49.2. The van der Waals surface area contributed by atoms with Gasteiger partial charge >= 0.3 is 19.8 Å². The van der Waals surface area contributed by atoms with Crippen LogP contribution in [0.3, 0.4) is 0 Å². The smallest absolute Gasteiger partial charge is 0.462 e. The quantitative estimate of drug-likeness (QED) is 0.0278. The van der Waals surface area contributed by atoms with Crippen LogP contribution in [-0.4, -0.2) is 74.9 Å². The van der Waals surface area contributed by atoms with Gasteiger partial charge in [-0.2, -0.15) is 0 Å². The summed E-state index contributed by atoms with van der Waals surface area (Å²) in [6.45, 7) is 4.50. The number of hydrogen-bond donors (Lipinski definition) is 1. The molecule has 2 atom stereocenters. The van der Waals surface area contributed by atoms with Crippen molar-refractivity contribution < 1.29 is 42.1 Å². The molecular formula is C57H115NO8P+. The zero-order chi connectivity index (χ0) is 49.2. The lowest BCUT2D eigenvalue weighted by Crippen LogP contribution is -2.37. The summed E-state index contributed by atoms with van der Waals surface area (Å²) in [5.41, 5.74) is 0. The lowest BCUT2D eigenvalue weighted by atomic mass is 10.0. The predicted molar refractivity (Wildman–Crippen MR) is 285 cm³/mol. The highest BCUT2D eigenvalue weighted by molar-refractivity contribution is 7.47. The zero-order valence-electron chi connectivity index (χ0n) is 45.4. The highest BCUT2D eigenvalue weighted by atomic mass is 31.2. The molecule has 0 amide bonds. The number of ether oxygens (including phenoxy) is 2. The van der Waals surface area contributed by atoms with E-state index >= 15 is 0 Å². The number of carbonyl (C=O) groups excluding carboxylic acids is 2. The number of unbranched alkanes of at least 4 members (excludes halogenated alkanes) is 41. The third-order valence-electron chi connectivity index (χ3n) is 13.4. The first kappa shape index (κ1) is 66.0. The Bertz CT molecular complexity index is 1100. The van der Waals surface area contributed by atoms with Gasteiger partial charge in [0, 0.05) is 12.8 Å². The lowest BCUT2D eigenvalue weighted by molar-refractivity contribution is -0.870. The van der Waals surface area contributed by atoms with Crippen LogP contribution in [0.5, 0.6) is 0 Å². The molecule has 0 bridgehead atoms. The van der Waals surface area contributed by atoms with Crippen LogP contribution in [0.25, 0.3) is 0 Å². The molecule has 0 radical (unpaired) electrons. The van der Waals surface area contributed by atoms with E-state index in [1.165, 1.54) is 238 Å². The summed E-state index contributed by atoms with van der Waals surface area (Å²) in [4.78, 5) is 35.6. The van der Waals surface area contributed by atoms with Crippen molar-refractivity contribution in [1.29, 1.82) is 0 Å². The summed E-state index contributed by atoms with van der Waals surface area (Å²) in [5, 5.41) is 0. The minimum absolute atomic E-state index is 0.0373. The minimum atomic E-state index is -4.37. The topological polar surface area (TPSA) is 108 Å². The van der Waals surface area contributed by atoms with E-state index in [0.717, 1.165) is 38.5 Å². The summed E-state index contributed by atoms with van der Waals surface area (Å²) in [6, 6.07) is 0. The van der Waals surface area contributed by atoms with E-state index in [2.05, 4.69) is 13.8 Å². The van der Waals surface area contributed by atoms with Crippen LogP contribution in [0, 0.1) is 0 Å². The average Bonchev–Trinajstić information content (AvgIpc) is 3.29. The molecule has 0 heterocycles. The van der Waals surface area contributed by atoms with Crippen LogP contribution in [0.1, 0.15) is 303 Å². The predicted octanol–water partition coefficient (Wildman–Crippen LogP) is 17.9. The standard InChI is InChI=1S/C57H114NO8P/c1-6-8-10-12-14-16-18-20-22-23-24-25-26-27-28-29-30-31-32-33-34-35-36-38-40-42-44-46-48-50-57(60)66-55(54-65-67(61,62)64-52-51-58(3,4)5)53-63-56(59)49-47-45-43-41-39-37-21-19-17-15-13-11-9-7-2/h55H,6-54H2,1-5H3/p+1. The van der Waals surface area contributed by atoms with E-state index in [-0.39, 0.29) is 25.6 Å². The molecule has 67 heavy (non-hydrogen) atoms. The van der Waals surface area contributed by atoms with Crippen LogP contribution in [0.2, 0.25) is 0 Å². The number of carbonyl (C=O) groups is 2. The first-order valence-corrected chi connectivity index (χ1v) is 30.8. The molecule has 0 aliphatic carbocycles. The van der Waals surface area contributed by atoms with Gasteiger partial charge in [-0.3, -0.25) is 18.6 Å². The van der Waals surface area contributed by atoms with Crippen molar-refractivity contribution in [2.75, 3.05) is 47.5 Å². The third kappa shape index (κ3) is 54.2. The monoisotopic (exact) mass is 973 g/mol. The Hall–Kier alpha value is -0.990. The highest BCUT2D eigenvalue weighted by Gasteiger charge is 2.27. The van der Waals surface area contributed by atoms with Crippen LogP contribution in [-0.2, 0) is 32.7 Å². The molecule has 0 saturated carbocycles. The fraction of sp³-hybridized carbons (Fsp3) is 0.965. The van der Waals surface area contributed by atoms with Gasteiger partial charge < -0.3 is 18.9 Å². The second-order valence-electron chi connectivity index (χ2n) is 21.4. The highest BCUT2D eigenvalue weighted by Crippen LogP contribution is 2.43. The van der Waals surface area contributed by atoms with Gasteiger partial charge in [0.2, 0.25) is 0 Å². The van der Waals surface area contributed by atoms with Crippen LogP contribution in [0.4, 0.5) is 0 Å². The Morgan fingerprint density at radius 1 is 0.403 bits per heavy atom. The fourth-order valence-corrected chi connectivity index (χ4v) is 9.58. The Balaban J connectivity index is 4.01. The van der Waals surface area contributed by atoms with Crippen molar-refractivity contribution in [2.45, 2.75) is 309 Å². The zero-order valence-corrected chi connectivity index (χ0v) is 46.3. The molecule has 0 aliphatic rings. The third-order valence-corrected chi connectivity index (χ3v) is 14.4. The van der Waals surface area contributed by atoms with Gasteiger partial charge in [-0.1, -0.05) is 277 Å². The molecule has 400 valence electrons. The summed E-state index contributed by atoms with van der Waals surface area (Å²) < 4.78 is 34.5. The molecule has 10 heteroatoms. The second kappa shape index (κ2) is 50.0. The minimum Gasteiger partial charge on any atom is -0.462 e. The van der Waals surface area contributed by atoms with E-state index in [1.807, 2.05) is 21.1 Å². The van der Waals surface area contributed by atoms with Crippen molar-refractivity contribution in [3.05, 3.63) is 0 Å². The number of hydrogen-bond acceptors (Lipinski definition) is 7. The maximum absolute atomic E-state index is 12.8. The molecule has 2 unspecified atom stereocenters. The van der Waals surface area contributed by atoms with E-state index < -0.39 is 26.5 Å². The van der Waals surface area contributed by atoms with Crippen LogP contribution in [0.15, 0.2) is 0 Å². The molecule has 0 fully saturated rings. The number of esters is 2. The molecule has 1 N–H and O–H groups in total. The van der Waals surface area contributed by atoms with Gasteiger partial charge in [-0.25, -0.2) is 4.57 Å². The molecule has 0 aromatic heterocycles. The van der Waals surface area contributed by atoms with E-state index in [9.17, 15) is 19.0 Å². The van der Waals surface area contributed by atoms with Gasteiger partial charge in [0.1, 0.15) is 19.8 Å². The normalized spacial score (nSPS) is 13.2. The van der Waals surface area contributed by atoms with Gasteiger partial charge in [-0.15, -0.1) is 0 Å². The molecule has 0 saturated heterocycles. The molecule has 9 nitrogen and oxygen atoms in total. The average molecular weight is 974 g/mol. The lowest BCUT2D eigenvalue weighted by Gasteiger charge is -2.24. The molecule has 0 rings (SSSR count). The number of quaternary nitrogens is 1. The van der Waals surface area contributed by atoms with Crippen LogP contribution < -0.4 is 0 Å². The summed E-state index contributed by atoms with van der Waals surface area (Å²) in [6.07, 6.45) is 56.1. The molecule has 0 aromatic carbocycles. The maximum Gasteiger partial charge on any atom is 0.472 e. The van der Waals surface area contributed by atoms with Crippen molar-refractivity contribution in [3.8, 4) is 0 Å². The molecule has 0 aliphatic heterocycles. The van der Waals surface area contributed by atoms with Gasteiger partial charge in [0.05, 0.1) is 27.7 Å². The maximum atomic E-state index is 12.8. The Labute approximate surface area is 416 Å². The van der Waals surface area contributed by atoms with Gasteiger partial charge in [0.15, 0.2) is 6.10 Å². The van der Waals surface area contributed by atoms with Crippen molar-refractivity contribution in [3.63, 3.8) is 0 Å². The Morgan fingerprint density at radius 2 is 0.672 bits per heavy atom. The van der Waals surface area contributed by atoms with Gasteiger partial charge in [0.25, 0.3) is 0 Å². The van der Waals surface area contributed by atoms with Gasteiger partial charge in [-0.05, 0) is 12.8 Å².